The average Bonchev–Trinajstić information content (AvgIpc) is 2.96. The second-order valence-electron chi connectivity index (χ2n) is 9.42. The maximum Gasteiger partial charge on any atom is 0.421 e. The number of amides is 2. The highest BCUT2D eigenvalue weighted by Gasteiger charge is 2.24. The Bertz CT molecular complexity index is 1690. The van der Waals surface area contributed by atoms with E-state index in [0.29, 0.717) is 11.3 Å². The molecule has 0 atom stereocenters. The molecule has 0 saturated heterocycles. The van der Waals surface area contributed by atoms with Gasteiger partial charge in [-0.2, -0.15) is 0 Å². The number of anilines is 3. The molecule has 0 fully saturated rings. The highest BCUT2D eigenvalue weighted by Crippen LogP contribution is 2.26. The molecule has 0 unspecified atom stereocenters. The van der Waals surface area contributed by atoms with Gasteiger partial charge in [0, 0.05) is 16.8 Å². The van der Waals surface area contributed by atoms with E-state index in [4.69, 9.17) is 4.74 Å². The zero-order chi connectivity index (χ0) is 29.2. The third kappa shape index (κ3) is 8.21. The van der Waals surface area contributed by atoms with Crippen LogP contribution in [-0.2, 0) is 14.8 Å². The van der Waals surface area contributed by atoms with Crippen LogP contribution in [0, 0.1) is 17.8 Å². The van der Waals surface area contributed by atoms with Gasteiger partial charge in [0.1, 0.15) is 4.90 Å². The maximum absolute atomic E-state index is 13.5. The molecule has 4 aromatic rings. The van der Waals surface area contributed by atoms with Gasteiger partial charge < -0.3 is 15.4 Å². The van der Waals surface area contributed by atoms with Crippen LogP contribution in [0.3, 0.4) is 0 Å². The van der Waals surface area contributed by atoms with Crippen LogP contribution in [-0.4, -0.2) is 27.0 Å². The number of hydrogen-bond acceptors (Lipinski definition) is 6. The Hall–Kier alpha value is -5.07. The molecule has 8 nitrogen and oxygen atoms in total. The lowest BCUT2D eigenvalue weighted by molar-refractivity contribution is 0.102. The number of nitrogens with one attached hydrogen (secondary N) is 3. The molecule has 0 spiro atoms. The molecule has 4 aromatic carbocycles. The van der Waals surface area contributed by atoms with E-state index in [0.717, 1.165) is 11.3 Å². The standard InChI is InChI=1S/C32H29N3O5S/c1-23(2)22-40-32(37)35-41(38,39)30-16-10-9-15-28(30)34-31(36)27-20-19-25(18-17-24-11-5-3-6-12-24)21-29(27)33-26-13-7-4-8-14-26/h3-16,19-21,23,33H,22H2,1-2H3,(H,34,36)(H,35,37). The smallest absolute Gasteiger partial charge is 0.421 e. The summed E-state index contributed by atoms with van der Waals surface area (Å²) in [4.78, 5) is 25.3. The van der Waals surface area contributed by atoms with Gasteiger partial charge in [-0.3, -0.25) is 4.79 Å². The third-order valence-electron chi connectivity index (χ3n) is 5.63. The van der Waals surface area contributed by atoms with Crippen LogP contribution in [0.25, 0.3) is 0 Å². The summed E-state index contributed by atoms with van der Waals surface area (Å²) in [7, 11) is -4.34. The number of sulfonamides is 1. The van der Waals surface area contributed by atoms with Gasteiger partial charge >= 0.3 is 6.09 Å². The first kappa shape index (κ1) is 28.9. The summed E-state index contributed by atoms with van der Waals surface area (Å²) in [6.07, 6.45) is -1.10. The lowest BCUT2D eigenvalue weighted by atomic mass is 10.1. The molecule has 0 aliphatic carbocycles. The largest absolute Gasteiger partial charge is 0.449 e. The van der Waals surface area contributed by atoms with Crippen LogP contribution >= 0.6 is 0 Å². The summed E-state index contributed by atoms with van der Waals surface area (Å²) in [5.41, 5.74) is 3.02. The molecule has 0 aromatic heterocycles. The van der Waals surface area contributed by atoms with Crippen LogP contribution in [0.2, 0.25) is 0 Å². The van der Waals surface area contributed by atoms with E-state index in [9.17, 15) is 18.0 Å². The summed E-state index contributed by atoms with van der Waals surface area (Å²) in [6, 6.07) is 29.8. The molecule has 9 heteroatoms. The van der Waals surface area contributed by atoms with Crippen molar-refractivity contribution in [3.63, 3.8) is 0 Å². The first-order valence-electron chi connectivity index (χ1n) is 12.8. The molecule has 0 saturated carbocycles. The number of carbonyl (C=O) groups excluding carboxylic acids is 2. The first-order chi connectivity index (χ1) is 19.7. The van der Waals surface area contributed by atoms with Crippen LogP contribution < -0.4 is 15.4 Å². The Kier molecular flexibility index (Phi) is 9.40. The lowest BCUT2D eigenvalue weighted by Crippen LogP contribution is -2.32. The number of ether oxygens (including phenoxy) is 1. The van der Waals surface area contributed by atoms with Crippen LogP contribution in [0.15, 0.2) is 108 Å². The second kappa shape index (κ2) is 13.3. The van der Waals surface area contributed by atoms with Crippen molar-refractivity contribution in [1.29, 1.82) is 0 Å². The Morgan fingerprint density at radius 3 is 2.12 bits per heavy atom. The topological polar surface area (TPSA) is 114 Å². The van der Waals surface area contributed by atoms with Gasteiger partial charge in [-0.05, 0) is 60.5 Å². The van der Waals surface area contributed by atoms with E-state index >= 15 is 0 Å². The molecule has 0 aliphatic rings. The Morgan fingerprint density at radius 2 is 1.41 bits per heavy atom. The zero-order valence-corrected chi connectivity index (χ0v) is 23.4. The monoisotopic (exact) mass is 567 g/mol. The first-order valence-corrected chi connectivity index (χ1v) is 14.3. The number of carbonyl (C=O) groups is 2. The predicted molar refractivity (Wildman–Crippen MR) is 159 cm³/mol. The second-order valence-corrected chi connectivity index (χ2v) is 11.1. The Morgan fingerprint density at radius 1 is 0.780 bits per heavy atom. The van der Waals surface area contributed by atoms with Crippen molar-refractivity contribution in [2.24, 2.45) is 5.92 Å². The SMILES string of the molecule is CC(C)COC(=O)NS(=O)(=O)c1ccccc1NC(=O)c1ccc(C#Cc2ccccc2)cc1Nc1ccccc1. The molecule has 0 bridgehead atoms. The summed E-state index contributed by atoms with van der Waals surface area (Å²) in [5.74, 6) is 5.69. The Balaban J connectivity index is 1.63. The number of hydrogen-bond donors (Lipinski definition) is 3. The number of benzene rings is 4. The minimum absolute atomic E-state index is 0.000247. The van der Waals surface area contributed by atoms with Gasteiger partial charge in [-0.1, -0.05) is 74.2 Å². The van der Waals surface area contributed by atoms with Crippen molar-refractivity contribution in [3.8, 4) is 11.8 Å². The Labute approximate surface area is 239 Å². The summed E-state index contributed by atoms with van der Waals surface area (Å²) < 4.78 is 32.8. The molecule has 41 heavy (non-hydrogen) atoms. The fourth-order valence-corrected chi connectivity index (χ4v) is 4.75. The van der Waals surface area contributed by atoms with E-state index in [2.05, 4.69) is 22.5 Å². The fourth-order valence-electron chi connectivity index (χ4n) is 3.70. The van der Waals surface area contributed by atoms with Crippen LogP contribution in [0.5, 0.6) is 0 Å². The predicted octanol–water partition coefficient (Wildman–Crippen LogP) is 6.15. The molecule has 2 amide bonds. The van der Waals surface area contributed by atoms with Crippen molar-refractivity contribution in [1.82, 2.24) is 4.72 Å². The molecule has 208 valence electrons. The molecule has 0 heterocycles. The van der Waals surface area contributed by atoms with Crippen molar-refractivity contribution in [2.45, 2.75) is 18.7 Å². The minimum atomic E-state index is -4.34. The minimum Gasteiger partial charge on any atom is -0.449 e. The molecule has 0 aliphatic heterocycles. The van der Waals surface area contributed by atoms with Gasteiger partial charge in [0.05, 0.1) is 23.5 Å². The van der Waals surface area contributed by atoms with E-state index in [1.54, 1.807) is 24.3 Å². The number of para-hydroxylation sites is 2. The van der Waals surface area contributed by atoms with Crippen molar-refractivity contribution in [3.05, 3.63) is 120 Å². The summed E-state index contributed by atoms with van der Waals surface area (Å²) in [5, 5.41) is 5.93. The number of rotatable bonds is 8. The molecule has 0 radical (unpaired) electrons. The van der Waals surface area contributed by atoms with Crippen molar-refractivity contribution < 1.29 is 22.7 Å². The summed E-state index contributed by atoms with van der Waals surface area (Å²) >= 11 is 0. The van der Waals surface area contributed by atoms with Crippen molar-refractivity contribution in [2.75, 3.05) is 17.2 Å². The highest BCUT2D eigenvalue weighted by molar-refractivity contribution is 7.90. The lowest BCUT2D eigenvalue weighted by Gasteiger charge is -2.15. The van der Waals surface area contributed by atoms with Gasteiger partial charge in [-0.15, -0.1) is 0 Å². The maximum atomic E-state index is 13.5. The van der Waals surface area contributed by atoms with E-state index < -0.39 is 22.0 Å². The van der Waals surface area contributed by atoms with Crippen LogP contribution in [0.1, 0.15) is 35.3 Å². The van der Waals surface area contributed by atoms with Gasteiger partial charge in [0.2, 0.25) is 0 Å². The molecular formula is C32H29N3O5S. The third-order valence-corrected chi connectivity index (χ3v) is 7.00. The zero-order valence-electron chi connectivity index (χ0n) is 22.5. The quantitative estimate of drug-likeness (QED) is 0.220. The van der Waals surface area contributed by atoms with E-state index in [1.807, 2.05) is 79.2 Å². The van der Waals surface area contributed by atoms with E-state index in [-0.39, 0.29) is 28.7 Å². The molecule has 4 rings (SSSR count). The fraction of sp³-hybridized carbons (Fsp3) is 0.125. The van der Waals surface area contributed by atoms with Crippen molar-refractivity contribution >= 4 is 39.1 Å². The van der Waals surface area contributed by atoms with Gasteiger partial charge in [-0.25, -0.2) is 17.9 Å². The molecular weight excluding hydrogens is 538 g/mol. The molecule has 3 N–H and O–H groups in total. The van der Waals surface area contributed by atoms with Gasteiger partial charge in [0.25, 0.3) is 15.9 Å². The van der Waals surface area contributed by atoms with E-state index in [1.165, 1.54) is 18.2 Å². The van der Waals surface area contributed by atoms with Crippen LogP contribution in [0.4, 0.5) is 21.9 Å². The normalized spacial score (nSPS) is 10.7. The summed E-state index contributed by atoms with van der Waals surface area (Å²) in [6.45, 7) is 3.72. The average molecular weight is 568 g/mol. The van der Waals surface area contributed by atoms with Gasteiger partial charge in [0.15, 0.2) is 0 Å². The highest BCUT2D eigenvalue weighted by atomic mass is 32.2.